The summed E-state index contributed by atoms with van der Waals surface area (Å²) >= 11 is 0. The smallest absolute Gasteiger partial charge is 0.193 e. The Balaban J connectivity index is 3.39. The minimum absolute atomic E-state index is 0.632. The lowest BCUT2D eigenvalue weighted by atomic mass is 10.2. The Morgan fingerprint density at radius 2 is 1.89 bits per heavy atom. The van der Waals surface area contributed by atoms with Gasteiger partial charge in [0, 0.05) is 0 Å². The van der Waals surface area contributed by atoms with Crippen molar-refractivity contribution in [3.63, 3.8) is 0 Å². The molecule has 0 bridgehead atoms. The fraction of sp³-hybridized carbons (Fsp3) is 1.00. The standard InChI is InChI=1S/C4H9NO4/c1-4(2,3)8-9-5(6)7/h1-3H3. The molecule has 0 fully saturated rings. The van der Waals surface area contributed by atoms with E-state index in [0.29, 0.717) is 0 Å². The van der Waals surface area contributed by atoms with Gasteiger partial charge in [0.2, 0.25) is 0 Å². The van der Waals surface area contributed by atoms with Crippen LogP contribution < -0.4 is 0 Å². The van der Waals surface area contributed by atoms with Gasteiger partial charge in [-0.15, -0.1) is 15.1 Å². The molecule has 0 N–H and O–H groups in total. The monoisotopic (exact) mass is 135 g/mol. The first-order chi connectivity index (χ1) is 3.92. The van der Waals surface area contributed by atoms with Crippen LogP contribution in [0.2, 0.25) is 0 Å². The third-order valence-corrected chi connectivity index (χ3v) is 0.348. The zero-order chi connectivity index (χ0) is 7.49. The molecule has 0 aromatic carbocycles. The van der Waals surface area contributed by atoms with Crippen LogP contribution >= 0.6 is 0 Å². The second kappa shape index (κ2) is 2.63. The lowest BCUT2D eigenvalue weighted by Crippen LogP contribution is -2.21. The van der Waals surface area contributed by atoms with Gasteiger partial charge in [-0.05, 0) is 20.8 Å². The Morgan fingerprint density at radius 3 is 2.00 bits per heavy atom. The van der Waals surface area contributed by atoms with E-state index in [1.165, 1.54) is 0 Å². The lowest BCUT2D eigenvalue weighted by molar-refractivity contribution is -0.858. The first kappa shape index (κ1) is 8.16. The fourth-order valence-corrected chi connectivity index (χ4v) is 0.142. The molecule has 0 atom stereocenters. The van der Waals surface area contributed by atoms with Crippen molar-refractivity contribution in [2.24, 2.45) is 0 Å². The normalized spacial score (nSPS) is 11.0. The number of nitrogens with zero attached hydrogens (tertiary/aromatic N) is 1. The van der Waals surface area contributed by atoms with Crippen molar-refractivity contribution >= 4 is 0 Å². The Bertz CT molecular complexity index is 106. The van der Waals surface area contributed by atoms with E-state index < -0.39 is 10.7 Å². The Kier molecular flexibility index (Phi) is 2.39. The van der Waals surface area contributed by atoms with E-state index in [-0.39, 0.29) is 0 Å². The highest BCUT2D eigenvalue weighted by atomic mass is 17.3. The average molecular weight is 135 g/mol. The molecule has 0 aliphatic heterocycles. The Morgan fingerprint density at radius 1 is 1.44 bits per heavy atom. The quantitative estimate of drug-likeness (QED) is 0.321. The van der Waals surface area contributed by atoms with Gasteiger partial charge in [-0.25, -0.2) is 0 Å². The summed E-state index contributed by atoms with van der Waals surface area (Å²) < 4.78 is 0. The third kappa shape index (κ3) is 7.16. The van der Waals surface area contributed by atoms with E-state index >= 15 is 0 Å². The summed E-state index contributed by atoms with van der Waals surface area (Å²) in [7, 11) is 0. The molecule has 0 heterocycles. The predicted octanol–water partition coefficient (Wildman–Crippen LogP) is 0.925. The maximum Gasteiger partial charge on any atom is 0.322 e. The minimum Gasteiger partial charge on any atom is -0.193 e. The number of hydrogen-bond donors (Lipinski definition) is 0. The molecule has 0 spiro atoms. The molecule has 0 radical (unpaired) electrons. The molecule has 0 aliphatic rings. The maximum atomic E-state index is 9.50. The summed E-state index contributed by atoms with van der Waals surface area (Å²) in [6, 6.07) is 0. The molecule has 0 aliphatic carbocycles. The second-order valence-corrected chi connectivity index (χ2v) is 2.49. The molecule has 0 saturated heterocycles. The summed E-state index contributed by atoms with van der Waals surface area (Å²) in [4.78, 5) is 17.4. The highest BCUT2D eigenvalue weighted by Gasteiger charge is 2.12. The maximum absolute atomic E-state index is 9.50. The highest BCUT2D eigenvalue weighted by Crippen LogP contribution is 2.06. The minimum atomic E-state index is -0.995. The SMILES string of the molecule is CC(C)(C)OO[N+](=O)[O-]. The van der Waals surface area contributed by atoms with Crippen LogP contribution in [0.15, 0.2) is 0 Å². The second-order valence-electron chi connectivity index (χ2n) is 2.49. The molecule has 54 valence electrons. The van der Waals surface area contributed by atoms with Gasteiger partial charge in [0.05, 0.1) is 5.60 Å². The van der Waals surface area contributed by atoms with E-state index in [9.17, 15) is 10.1 Å². The molecule has 5 heteroatoms. The Hall–Kier alpha value is -0.840. The van der Waals surface area contributed by atoms with Gasteiger partial charge in [-0.3, -0.25) is 0 Å². The van der Waals surface area contributed by atoms with E-state index in [0.717, 1.165) is 0 Å². The molecule has 9 heavy (non-hydrogen) atoms. The zero-order valence-electron chi connectivity index (χ0n) is 5.58. The van der Waals surface area contributed by atoms with Crippen molar-refractivity contribution in [2.45, 2.75) is 26.4 Å². The van der Waals surface area contributed by atoms with Gasteiger partial charge in [0.15, 0.2) is 0 Å². The average Bonchev–Trinajstić information content (AvgIpc) is 1.59. The van der Waals surface area contributed by atoms with E-state index in [1.807, 2.05) is 0 Å². The van der Waals surface area contributed by atoms with Crippen LogP contribution in [-0.2, 0) is 9.88 Å². The van der Waals surface area contributed by atoms with Crippen molar-refractivity contribution in [3.05, 3.63) is 10.1 Å². The largest absolute Gasteiger partial charge is 0.322 e. The van der Waals surface area contributed by atoms with Crippen LogP contribution in [0.25, 0.3) is 0 Å². The van der Waals surface area contributed by atoms with Crippen LogP contribution in [0.4, 0.5) is 0 Å². The van der Waals surface area contributed by atoms with Gasteiger partial charge in [-0.1, -0.05) is 0 Å². The summed E-state index contributed by atoms with van der Waals surface area (Å²) in [5.41, 5.74) is -0.632. The molecular formula is C4H9NO4. The zero-order valence-corrected chi connectivity index (χ0v) is 5.58. The Labute approximate surface area is 52.6 Å². The van der Waals surface area contributed by atoms with Crippen molar-refractivity contribution in [1.29, 1.82) is 0 Å². The van der Waals surface area contributed by atoms with Crippen molar-refractivity contribution in [1.82, 2.24) is 0 Å². The third-order valence-electron chi connectivity index (χ3n) is 0.348. The summed E-state index contributed by atoms with van der Waals surface area (Å²) in [6.45, 7) is 4.95. The van der Waals surface area contributed by atoms with Crippen molar-refractivity contribution < 1.29 is 15.0 Å². The fourth-order valence-electron chi connectivity index (χ4n) is 0.142. The summed E-state index contributed by atoms with van der Waals surface area (Å²) in [6.07, 6.45) is 0. The van der Waals surface area contributed by atoms with Crippen LogP contribution in [0.3, 0.4) is 0 Å². The van der Waals surface area contributed by atoms with Crippen LogP contribution in [0.5, 0.6) is 0 Å². The van der Waals surface area contributed by atoms with Gasteiger partial charge in [0.25, 0.3) is 0 Å². The topological polar surface area (TPSA) is 61.6 Å². The van der Waals surface area contributed by atoms with E-state index in [2.05, 4.69) is 9.88 Å². The van der Waals surface area contributed by atoms with E-state index in [4.69, 9.17) is 0 Å². The lowest BCUT2D eigenvalue weighted by Gasteiger charge is -2.14. The molecule has 0 rings (SSSR count). The van der Waals surface area contributed by atoms with Crippen LogP contribution in [0, 0.1) is 10.1 Å². The van der Waals surface area contributed by atoms with Gasteiger partial charge < -0.3 is 0 Å². The highest BCUT2D eigenvalue weighted by molar-refractivity contribution is 4.53. The molecule has 0 unspecified atom stereocenters. The molecule has 0 amide bonds. The van der Waals surface area contributed by atoms with Gasteiger partial charge in [0.1, 0.15) is 0 Å². The summed E-state index contributed by atoms with van der Waals surface area (Å²) in [5.74, 6) is 0. The van der Waals surface area contributed by atoms with E-state index in [1.54, 1.807) is 20.8 Å². The first-order valence-electron chi connectivity index (χ1n) is 2.42. The van der Waals surface area contributed by atoms with Gasteiger partial charge >= 0.3 is 5.09 Å². The number of rotatable bonds is 2. The molecular weight excluding hydrogens is 126 g/mol. The van der Waals surface area contributed by atoms with Crippen molar-refractivity contribution in [2.75, 3.05) is 0 Å². The summed E-state index contributed by atoms with van der Waals surface area (Å²) in [5, 5.41) is 8.51. The molecule has 0 aromatic rings. The first-order valence-corrected chi connectivity index (χ1v) is 2.42. The van der Waals surface area contributed by atoms with Crippen molar-refractivity contribution in [3.8, 4) is 0 Å². The molecule has 0 aromatic heterocycles. The number of hydrogen-bond acceptors (Lipinski definition) is 4. The predicted molar refractivity (Wildman–Crippen MR) is 28.9 cm³/mol. The molecule has 0 saturated carbocycles. The van der Waals surface area contributed by atoms with Crippen LogP contribution in [0.1, 0.15) is 20.8 Å². The van der Waals surface area contributed by atoms with Gasteiger partial charge in [-0.2, -0.15) is 4.89 Å². The molecule has 5 nitrogen and oxygen atoms in total. The van der Waals surface area contributed by atoms with Crippen LogP contribution in [-0.4, -0.2) is 10.7 Å².